The number of fused-ring (bicyclic) bond motifs is 3. The normalized spacial score (nSPS) is 18.1. The van der Waals surface area contributed by atoms with Crippen molar-refractivity contribution in [3.63, 3.8) is 0 Å². The average Bonchev–Trinajstić information content (AvgIpc) is 4.04. The summed E-state index contributed by atoms with van der Waals surface area (Å²) in [6.07, 6.45) is 1.41. The minimum Gasteiger partial charge on any atom is -0.465 e. The zero-order chi connectivity index (χ0) is 39.2. The van der Waals surface area contributed by atoms with Crippen molar-refractivity contribution < 1.29 is 29.0 Å². The number of H-pyrrole nitrogens is 2. The number of alkyl carbamates (subject to hydrolysis) is 1. The van der Waals surface area contributed by atoms with E-state index >= 15 is 0 Å². The van der Waals surface area contributed by atoms with Gasteiger partial charge in [-0.05, 0) is 109 Å². The number of aromatic nitrogens is 4. The first kappa shape index (κ1) is 36.5. The Balaban J connectivity index is 1.02. The highest BCUT2D eigenvalue weighted by atomic mass is 16.5. The molecule has 14 nitrogen and oxygen atoms in total. The molecule has 6 aromatic rings. The van der Waals surface area contributed by atoms with Gasteiger partial charge in [-0.3, -0.25) is 14.5 Å². The summed E-state index contributed by atoms with van der Waals surface area (Å²) in [4.78, 5) is 71.0. The number of nitrogens with zero attached hydrogens (tertiary/aromatic N) is 5. The molecule has 4 amide bonds. The molecule has 288 valence electrons. The number of carbonyl (C=O) groups is 4. The Morgan fingerprint density at radius 1 is 0.750 bits per heavy atom. The summed E-state index contributed by atoms with van der Waals surface area (Å²) in [7, 11) is 2.69. The lowest BCUT2D eigenvalue weighted by atomic mass is 9.97. The number of likely N-dealkylation sites (tertiary alicyclic amines) is 2. The minimum atomic E-state index is -1.14. The first-order valence-corrected chi connectivity index (χ1v) is 18.9. The van der Waals surface area contributed by atoms with Crippen molar-refractivity contribution in [2.45, 2.75) is 63.7 Å². The quantitative estimate of drug-likeness (QED) is 0.128. The van der Waals surface area contributed by atoms with Crippen LogP contribution in [0.2, 0.25) is 0 Å². The van der Waals surface area contributed by atoms with E-state index in [0.29, 0.717) is 18.9 Å². The van der Waals surface area contributed by atoms with Crippen LogP contribution in [0.3, 0.4) is 0 Å². The Labute approximate surface area is 322 Å². The lowest BCUT2D eigenvalue weighted by molar-refractivity contribution is -0.136. The molecule has 4 N–H and O–H groups in total. The number of carbonyl (C=O) groups excluding carboxylic acids is 3. The van der Waals surface area contributed by atoms with Crippen LogP contribution >= 0.6 is 0 Å². The van der Waals surface area contributed by atoms with E-state index in [9.17, 15) is 24.3 Å². The van der Waals surface area contributed by atoms with Crippen LogP contribution in [0.1, 0.15) is 63.3 Å². The summed E-state index contributed by atoms with van der Waals surface area (Å²) < 4.78 is 4.67. The molecular formula is C42H44N8O6. The van der Waals surface area contributed by atoms with Crippen LogP contribution in [0.4, 0.5) is 9.59 Å². The second-order valence-corrected chi connectivity index (χ2v) is 14.8. The van der Waals surface area contributed by atoms with Crippen LogP contribution in [-0.2, 0) is 14.3 Å². The van der Waals surface area contributed by atoms with Crippen molar-refractivity contribution >= 4 is 56.8 Å². The molecule has 2 saturated heterocycles. The summed E-state index contributed by atoms with van der Waals surface area (Å²) in [5.41, 5.74) is 7.49. The molecule has 2 aromatic heterocycles. The number of imidazole rings is 2. The maximum absolute atomic E-state index is 13.3. The molecule has 14 heteroatoms. The minimum absolute atomic E-state index is 0.175. The smallest absolute Gasteiger partial charge is 0.407 e. The highest BCUT2D eigenvalue weighted by molar-refractivity contribution is 5.93. The Morgan fingerprint density at radius 3 is 1.73 bits per heavy atom. The van der Waals surface area contributed by atoms with Crippen LogP contribution in [0.5, 0.6) is 0 Å². The number of aromatic amines is 2. The largest absolute Gasteiger partial charge is 0.465 e. The second kappa shape index (κ2) is 14.7. The van der Waals surface area contributed by atoms with Gasteiger partial charge in [0, 0.05) is 20.1 Å². The number of nitrogens with one attached hydrogen (secondary N) is 3. The second-order valence-electron chi connectivity index (χ2n) is 14.8. The van der Waals surface area contributed by atoms with Crippen molar-refractivity contribution in [1.29, 1.82) is 0 Å². The monoisotopic (exact) mass is 756 g/mol. The maximum Gasteiger partial charge on any atom is 0.407 e. The van der Waals surface area contributed by atoms with Gasteiger partial charge in [-0.25, -0.2) is 19.6 Å². The Kier molecular flexibility index (Phi) is 9.56. The van der Waals surface area contributed by atoms with Gasteiger partial charge in [-0.15, -0.1) is 0 Å². The Hall–Kier alpha value is -6.44. The van der Waals surface area contributed by atoms with Gasteiger partial charge in [-0.1, -0.05) is 36.4 Å². The number of hydrogen-bond donors (Lipinski definition) is 4. The number of rotatable bonds is 8. The topological polar surface area (TPSA) is 177 Å². The van der Waals surface area contributed by atoms with Gasteiger partial charge >= 0.3 is 12.2 Å². The van der Waals surface area contributed by atoms with E-state index in [1.54, 1.807) is 23.6 Å². The number of carboxylic acid groups (broad SMARTS) is 1. The lowest BCUT2D eigenvalue weighted by Crippen LogP contribution is -2.47. The summed E-state index contributed by atoms with van der Waals surface area (Å²) in [6, 6.07) is 23.1. The molecule has 0 aliphatic carbocycles. The number of ether oxygens (including phenoxy) is 1. The van der Waals surface area contributed by atoms with Gasteiger partial charge in [0.2, 0.25) is 11.8 Å². The van der Waals surface area contributed by atoms with E-state index in [4.69, 9.17) is 9.97 Å². The van der Waals surface area contributed by atoms with Gasteiger partial charge in [0.15, 0.2) is 0 Å². The third kappa shape index (κ3) is 6.75. The van der Waals surface area contributed by atoms with Crippen LogP contribution in [0, 0.1) is 0 Å². The van der Waals surface area contributed by atoms with E-state index < -0.39 is 24.3 Å². The molecular weight excluding hydrogens is 713 g/mol. The van der Waals surface area contributed by atoms with Gasteiger partial charge in [0.25, 0.3) is 0 Å². The highest BCUT2D eigenvalue weighted by Crippen LogP contribution is 2.36. The Morgan fingerprint density at radius 2 is 1.23 bits per heavy atom. The van der Waals surface area contributed by atoms with Gasteiger partial charge in [-0.2, -0.15) is 0 Å². The van der Waals surface area contributed by atoms with Crippen molar-refractivity contribution in [1.82, 2.24) is 40.0 Å². The molecule has 1 unspecified atom stereocenters. The fourth-order valence-corrected chi connectivity index (χ4v) is 8.08. The van der Waals surface area contributed by atoms with Crippen molar-refractivity contribution in [3.8, 4) is 22.3 Å². The van der Waals surface area contributed by atoms with E-state index in [1.165, 1.54) is 14.2 Å². The molecule has 2 aliphatic heterocycles. The first-order valence-electron chi connectivity index (χ1n) is 18.9. The van der Waals surface area contributed by atoms with Crippen molar-refractivity contribution in [3.05, 3.63) is 84.4 Å². The average molecular weight is 757 g/mol. The first-order chi connectivity index (χ1) is 27.0. The number of benzene rings is 4. The molecule has 4 aromatic carbocycles. The van der Waals surface area contributed by atoms with Gasteiger partial charge in [0.05, 0.1) is 41.3 Å². The van der Waals surface area contributed by atoms with Gasteiger partial charge in [0.1, 0.15) is 23.7 Å². The summed E-state index contributed by atoms with van der Waals surface area (Å²) in [6.45, 7) is 4.42. The molecule has 0 radical (unpaired) electrons. The summed E-state index contributed by atoms with van der Waals surface area (Å²) in [5.74, 6) is 1.03. The van der Waals surface area contributed by atoms with Crippen molar-refractivity contribution in [2.75, 3.05) is 27.2 Å². The molecule has 0 bridgehead atoms. The number of likely N-dealkylation sites (N-methyl/N-ethyl adjacent to an activating group) is 1. The predicted molar refractivity (Wildman–Crippen MR) is 212 cm³/mol. The van der Waals surface area contributed by atoms with Crippen LogP contribution < -0.4 is 5.32 Å². The van der Waals surface area contributed by atoms with E-state index in [0.717, 1.165) is 91.5 Å². The zero-order valence-corrected chi connectivity index (χ0v) is 31.7. The van der Waals surface area contributed by atoms with Crippen LogP contribution in [0.25, 0.3) is 55.1 Å². The molecule has 4 atom stereocenters. The van der Waals surface area contributed by atoms with E-state index in [-0.39, 0.29) is 23.9 Å². The molecule has 2 aliphatic rings. The highest BCUT2D eigenvalue weighted by Gasteiger charge is 2.37. The fourth-order valence-electron chi connectivity index (χ4n) is 8.08. The summed E-state index contributed by atoms with van der Waals surface area (Å²) >= 11 is 0. The number of amides is 4. The molecule has 4 heterocycles. The molecule has 0 saturated carbocycles. The SMILES string of the molecule is COC(=O)N[C@@H](C)C(=O)N1CCCC1c1nc2cc(-c3ccc4ccc(-c5ccc6[nH]c([C@@H]7CCCN7C(=O)[C@H](C)N(C)C(=O)O)nc6c5)cc4c3)ccc2[nH]1. The van der Waals surface area contributed by atoms with E-state index in [1.807, 2.05) is 12.1 Å². The zero-order valence-electron chi connectivity index (χ0n) is 31.7. The number of hydrogen-bond acceptors (Lipinski definition) is 7. The van der Waals surface area contributed by atoms with Crippen LogP contribution in [0.15, 0.2) is 72.8 Å². The molecule has 56 heavy (non-hydrogen) atoms. The molecule has 8 rings (SSSR count). The fraction of sp³-hybridized carbons (Fsp3) is 0.333. The summed E-state index contributed by atoms with van der Waals surface area (Å²) in [5, 5.41) is 14.2. The lowest BCUT2D eigenvalue weighted by Gasteiger charge is -2.29. The molecule has 2 fully saturated rings. The third-order valence-electron chi connectivity index (χ3n) is 11.3. The van der Waals surface area contributed by atoms with Gasteiger partial charge < -0.3 is 34.9 Å². The van der Waals surface area contributed by atoms with E-state index in [2.05, 4.69) is 80.7 Å². The van der Waals surface area contributed by atoms with Crippen LogP contribution in [-0.4, -0.2) is 103 Å². The maximum atomic E-state index is 13.3. The van der Waals surface area contributed by atoms with Crippen molar-refractivity contribution in [2.24, 2.45) is 0 Å². The number of methoxy groups -OCH3 is 1. The standard InChI is InChI=1S/C42H44N8O6/c1-23(43-41(53)56-4)39(51)49-17-5-7-35(49)37-44-31-15-13-28(21-33(31)46-37)26-11-9-25-10-12-27(20-30(25)19-26)29-14-16-32-34(22-29)47-38(45-32)36-8-6-18-50(36)40(52)24(2)48(3)42(54)55/h9-16,19-24,35-36H,5-8,17-18H2,1-4H3,(H,43,53)(H,44,46)(H,45,47)(H,54,55)/t23-,24-,35?,36-/m0/s1. The third-order valence-corrected chi connectivity index (χ3v) is 11.3. The predicted octanol–water partition coefficient (Wildman–Crippen LogP) is 7.00. The Bertz CT molecular complexity index is 2510. The molecule has 0 spiro atoms.